The van der Waals surface area contributed by atoms with E-state index in [2.05, 4.69) is 10.3 Å². The average molecular weight is 207 g/mol. The second-order valence-electron chi connectivity index (χ2n) is 3.08. The first kappa shape index (κ1) is 11.4. The number of nitrogens with zero attached hydrogens (tertiary/aromatic N) is 1. The molecule has 0 radical (unpaired) electrons. The Labute approximate surface area is 90.2 Å². The second kappa shape index (κ2) is 5.90. The van der Waals surface area contributed by atoms with Crippen LogP contribution in [0, 0.1) is 0 Å². The van der Waals surface area contributed by atoms with Gasteiger partial charge in [0.1, 0.15) is 5.75 Å². The molecule has 0 saturated carbocycles. The van der Waals surface area contributed by atoms with E-state index in [0.717, 1.165) is 17.9 Å². The molecule has 0 amide bonds. The summed E-state index contributed by atoms with van der Waals surface area (Å²) in [5.41, 5.74) is 6.69. The number of benzene rings is 1. The normalized spacial score (nSPS) is 11.2. The van der Waals surface area contributed by atoms with Crippen LogP contribution in [0.2, 0.25) is 0 Å². The number of rotatable bonds is 4. The summed E-state index contributed by atoms with van der Waals surface area (Å²) in [4.78, 5) is 4.19. The van der Waals surface area contributed by atoms with Gasteiger partial charge in [-0.25, -0.2) is 4.99 Å². The number of nitrogens with one attached hydrogen (secondary N) is 1. The Balaban J connectivity index is 2.60. The van der Waals surface area contributed by atoms with Crippen molar-refractivity contribution in [3.63, 3.8) is 0 Å². The van der Waals surface area contributed by atoms with Crippen molar-refractivity contribution >= 4 is 5.96 Å². The van der Waals surface area contributed by atoms with Gasteiger partial charge in [0.15, 0.2) is 5.96 Å². The molecule has 4 nitrogen and oxygen atoms in total. The van der Waals surface area contributed by atoms with E-state index in [1.807, 2.05) is 31.2 Å². The zero-order chi connectivity index (χ0) is 11.1. The van der Waals surface area contributed by atoms with Gasteiger partial charge in [-0.15, -0.1) is 0 Å². The maximum Gasteiger partial charge on any atom is 0.188 e. The predicted molar refractivity (Wildman–Crippen MR) is 62.0 cm³/mol. The molecule has 1 aromatic rings. The fourth-order valence-corrected chi connectivity index (χ4v) is 1.18. The molecule has 15 heavy (non-hydrogen) atoms. The Kier molecular flexibility index (Phi) is 4.47. The molecule has 0 fully saturated rings. The molecule has 0 aromatic heterocycles. The highest BCUT2D eigenvalue weighted by Gasteiger charge is 1.95. The Morgan fingerprint density at radius 1 is 1.53 bits per heavy atom. The topological polar surface area (TPSA) is 59.6 Å². The summed E-state index contributed by atoms with van der Waals surface area (Å²) < 4.78 is 5.11. The van der Waals surface area contributed by atoms with Crippen LogP contribution in [0.25, 0.3) is 0 Å². The van der Waals surface area contributed by atoms with Crippen molar-refractivity contribution < 1.29 is 4.74 Å². The van der Waals surface area contributed by atoms with Crippen LogP contribution in [-0.4, -0.2) is 19.6 Å². The molecule has 4 heteroatoms. The first-order valence-corrected chi connectivity index (χ1v) is 4.93. The van der Waals surface area contributed by atoms with E-state index < -0.39 is 0 Å². The van der Waals surface area contributed by atoms with E-state index in [4.69, 9.17) is 10.5 Å². The van der Waals surface area contributed by atoms with Crippen molar-refractivity contribution in [2.75, 3.05) is 13.7 Å². The van der Waals surface area contributed by atoms with Gasteiger partial charge in [0, 0.05) is 6.54 Å². The predicted octanol–water partition coefficient (Wildman–Crippen LogP) is 1.12. The van der Waals surface area contributed by atoms with Crippen molar-refractivity contribution in [1.29, 1.82) is 0 Å². The third-order valence-electron chi connectivity index (χ3n) is 1.92. The van der Waals surface area contributed by atoms with Crippen LogP contribution >= 0.6 is 0 Å². The largest absolute Gasteiger partial charge is 0.497 e. The number of aliphatic imine (C=N–C) groups is 1. The highest BCUT2D eigenvalue weighted by molar-refractivity contribution is 5.77. The van der Waals surface area contributed by atoms with E-state index >= 15 is 0 Å². The number of nitrogens with two attached hydrogens (primary N) is 1. The van der Waals surface area contributed by atoms with Gasteiger partial charge in [-0.2, -0.15) is 0 Å². The lowest BCUT2D eigenvalue weighted by molar-refractivity contribution is 0.414. The number of hydrogen-bond donors (Lipinski definition) is 2. The zero-order valence-electron chi connectivity index (χ0n) is 9.16. The average Bonchev–Trinajstić information content (AvgIpc) is 2.27. The highest BCUT2D eigenvalue weighted by Crippen LogP contribution is 2.12. The van der Waals surface area contributed by atoms with Crippen LogP contribution in [0.1, 0.15) is 12.5 Å². The van der Waals surface area contributed by atoms with Crippen LogP contribution in [0.15, 0.2) is 29.3 Å². The molecule has 0 atom stereocenters. The third kappa shape index (κ3) is 3.89. The van der Waals surface area contributed by atoms with E-state index in [9.17, 15) is 0 Å². The minimum absolute atomic E-state index is 0.473. The fraction of sp³-hybridized carbons (Fsp3) is 0.364. The molecule has 0 aliphatic carbocycles. The number of hydrogen-bond acceptors (Lipinski definition) is 2. The molecule has 0 aliphatic heterocycles. The van der Waals surface area contributed by atoms with Gasteiger partial charge in [0.2, 0.25) is 0 Å². The number of ether oxygens (including phenoxy) is 1. The van der Waals surface area contributed by atoms with Crippen LogP contribution in [0.4, 0.5) is 0 Å². The van der Waals surface area contributed by atoms with Crippen molar-refractivity contribution in [3.8, 4) is 5.75 Å². The SMILES string of the molecule is CCNC(N)=NCc1cccc(OC)c1. The first-order chi connectivity index (χ1) is 7.26. The first-order valence-electron chi connectivity index (χ1n) is 4.93. The van der Waals surface area contributed by atoms with Crippen molar-refractivity contribution in [2.24, 2.45) is 10.7 Å². The summed E-state index contributed by atoms with van der Waals surface area (Å²) in [6, 6.07) is 7.78. The molecule has 0 aliphatic rings. The quantitative estimate of drug-likeness (QED) is 0.574. The van der Waals surface area contributed by atoms with Crippen molar-refractivity contribution in [2.45, 2.75) is 13.5 Å². The van der Waals surface area contributed by atoms with Crippen LogP contribution < -0.4 is 15.8 Å². The monoisotopic (exact) mass is 207 g/mol. The van der Waals surface area contributed by atoms with Gasteiger partial charge in [0.05, 0.1) is 13.7 Å². The van der Waals surface area contributed by atoms with Gasteiger partial charge in [-0.3, -0.25) is 0 Å². The van der Waals surface area contributed by atoms with E-state index in [0.29, 0.717) is 12.5 Å². The van der Waals surface area contributed by atoms with E-state index in [1.165, 1.54) is 0 Å². The standard InChI is InChI=1S/C11H17N3O/c1-3-13-11(12)14-8-9-5-4-6-10(7-9)15-2/h4-7H,3,8H2,1-2H3,(H3,12,13,14). The lowest BCUT2D eigenvalue weighted by Gasteiger charge is -2.03. The summed E-state index contributed by atoms with van der Waals surface area (Å²) in [5, 5.41) is 2.94. The maximum absolute atomic E-state index is 5.61. The molecule has 3 N–H and O–H groups in total. The number of guanidine groups is 1. The Bertz CT molecular complexity index is 336. The zero-order valence-corrected chi connectivity index (χ0v) is 9.16. The van der Waals surface area contributed by atoms with Gasteiger partial charge in [-0.05, 0) is 24.6 Å². The molecule has 1 rings (SSSR count). The Morgan fingerprint density at radius 3 is 3.00 bits per heavy atom. The van der Waals surface area contributed by atoms with Crippen molar-refractivity contribution in [1.82, 2.24) is 5.32 Å². The van der Waals surface area contributed by atoms with Gasteiger partial charge in [-0.1, -0.05) is 12.1 Å². The van der Waals surface area contributed by atoms with Crippen LogP contribution in [0.3, 0.4) is 0 Å². The lowest BCUT2D eigenvalue weighted by Crippen LogP contribution is -2.31. The maximum atomic E-state index is 5.61. The summed E-state index contributed by atoms with van der Waals surface area (Å²) in [6.45, 7) is 3.33. The Morgan fingerprint density at radius 2 is 2.33 bits per heavy atom. The van der Waals surface area contributed by atoms with Gasteiger partial charge in [0.25, 0.3) is 0 Å². The molecule has 1 aromatic carbocycles. The van der Waals surface area contributed by atoms with E-state index in [1.54, 1.807) is 7.11 Å². The molecule has 0 bridgehead atoms. The van der Waals surface area contributed by atoms with Crippen LogP contribution in [-0.2, 0) is 6.54 Å². The highest BCUT2D eigenvalue weighted by atomic mass is 16.5. The molecule has 0 spiro atoms. The Hall–Kier alpha value is -1.71. The molecule has 0 saturated heterocycles. The summed E-state index contributed by atoms with van der Waals surface area (Å²) in [6.07, 6.45) is 0. The second-order valence-corrected chi connectivity index (χ2v) is 3.08. The van der Waals surface area contributed by atoms with Crippen molar-refractivity contribution in [3.05, 3.63) is 29.8 Å². The summed E-state index contributed by atoms with van der Waals surface area (Å²) in [7, 11) is 1.65. The molecule has 0 heterocycles. The minimum Gasteiger partial charge on any atom is -0.497 e. The molecular weight excluding hydrogens is 190 g/mol. The smallest absolute Gasteiger partial charge is 0.188 e. The minimum atomic E-state index is 0.473. The van der Waals surface area contributed by atoms with Gasteiger partial charge < -0.3 is 15.8 Å². The summed E-state index contributed by atoms with van der Waals surface area (Å²) >= 11 is 0. The van der Waals surface area contributed by atoms with E-state index in [-0.39, 0.29) is 0 Å². The van der Waals surface area contributed by atoms with Crippen LogP contribution in [0.5, 0.6) is 5.75 Å². The third-order valence-corrected chi connectivity index (χ3v) is 1.92. The number of methoxy groups -OCH3 is 1. The molecule has 82 valence electrons. The molecule has 0 unspecified atom stereocenters. The van der Waals surface area contributed by atoms with Gasteiger partial charge >= 0.3 is 0 Å². The summed E-state index contributed by atoms with van der Waals surface area (Å²) in [5.74, 6) is 1.31. The molecular formula is C11H17N3O. The fourth-order valence-electron chi connectivity index (χ4n) is 1.18. The lowest BCUT2D eigenvalue weighted by atomic mass is 10.2.